The molecule has 2 bridgehead atoms. The summed E-state index contributed by atoms with van der Waals surface area (Å²) in [5.41, 5.74) is 1.23. The summed E-state index contributed by atoms with van der Waals surface area (Å²) in [6.07, 6.45) is 5.38. The highest BCUT2D eigenvalue weighted by atomic mass is 16.5. The number of allylic oxidation sites excluding steroid dienone is 2. The quantitative estimate of drug-likeness (QED) is 0.191. The fraction of sp³-hybridized carbons (Fsp3) is 0.286. The van der Waals surface area contributed by atoms with Gasteiger partial charge < -0.3 is 9.15 Å². The molecule has 2 heterocycles. The van der Waals surface area contributed by atoms with Gasteiger partial charge in [0, 0.05) is 17.5 Å². The minimum Gasteiger partial charge on any atom is -0.423 e. The SMILES string of the molecule is Cc1cc(OC(=O)c2cccc(N3C(=O)[C@@H]4[C@H]5C=C[C@@H]([C@@H]6C[C@H]56)[C@@H]4C3=O)c2)cc2oc(=O)ccc12. The van der Waals surface area contributed by atoms with E-state index >= 15 is 0 Å². The summed E-state index contributed by atoms with van der Waals surface area (Å²) < 4.78 is 10.8. The molecule has 8 rings (SSSR count). The Morgan fingerprint density at radius 2 is 1.66 bits per heavy atom. The first-order valence-electron chi connectivity index (χ1n) is 11.8. The highest BCUT2D eigenvalue weighted by Gasteiger charge is 2.67. The lowest BCUT2D eigenvalue weighted by Crippen LogP contribution is -2.40. The highest BCUT2D eigenvalue weighted by Crippen LogP contribution is 2.65. The van der Waals surface area contributed by atoms with E-state index in [4.69, 9.17) is 9.15 Å². The molecule has 0 radical (unpaired) electrons. The van der Waals surface area contributed by atoms with Crippen molar-refractivity contribution in [2.75, 3.05) is 4.90 Å². The molecule has 2 aromatic carbocycles. The Bertz CT molecular complexity index is 1510. The predicted molar refractivity (Wildman–Crippen MR) is 126 cm³/mol. The molecule has 2 amide bonds. The van der Waals surface area contributed by atoms with Gasteiger partial charge in [0.2, 0.25) is 11.8 Å². The lowest BCUT2D eigenvalue weighted by molar-refractivity contribution is -0.124. The van der Waals surface area contributed by atoms with Gasteiger partial charge in [-0.05, 0) is 72.9 Å². The maximum Gasteiger partial charge on any atom is 0.343 e. The van der Waals surface area contributed by atoms with Crippen molar-refractivity contribution in [2.24, 2.45) is 35.5 Å². The van der Waals surface area contributed by atoms with Crippen molar-refractivity contribution in [3.63, 3.8) is 0 Å². The Hall–Kier alpha value is -4.00. The van der Waals surface area contributed by atoms with Gasteiger partial charge in [-0.25, -0.2) is 14.5 Å². The molecule has 3 fully saturated rings. The van der Waals surface area contributed by atoms with Crippen LogP contribution in [-0.4, -0.2) is 17.8 Å². The predicted octanol–water partition coefficient (Wildman–Crippen LogP) is 3.88. The lowest BCUT2D eigenvalue weighted by Gasteiger charge is -2.37. The molecule has 0 unspecified atom stereocenters. The molecule has 4 aliphatic carbocycles. The first-order valence-corrected chi connectivity index (χ1v) is 11.8. The van der Waals surface area contributed by atoms with Crippen LogP contribution < -0.4 is 15.3 Å². The van der Waals surface area contributed by atoms with Gasteiger partial charge in [0.1, 0.15) is 11.3 Å². The fourth-order valence-corrected chi connectivity index (χ4v) is 6.53. The summed E-state index contributed by atoms with van der Waals surface area (Å²) >= 11 is 0. The Balaban J connectivity index is 1.17. The molecule has 1 aliphatic heterocycles. The summed E-state index contributed by atoms with van der Waals surface area (Å²) in [7, 11) is 0. The number of carbonyl (C=O) groups excluding carboxylic acids is 3. The van der Waals surface area contributed by atoms with E-state index < -0.39 is 11.6 Å². The van der Waals surface area contributed by atoms with Crippen molar-refractivity contribution >= 4 is 34.4 Å². The number of imide groups is 1. The number of nitrogens with zero attached hydrogens (tertiary/aromatic N) is 1. The van der Waals surface area contributed by atoms with E-state index in [0.29, 0.717) is 23.1 Å². The average Bonchev–Trinajstić information content (AvgIpc) is 3.62. The number of benzene rings is 2. The van der Waals surface area contributed by atoms with Crippen molar-refractivity contribution in [3.05, 3.63) is 82.2 Å². The number of rotatable bonds is 3. The molecule has 0 N–H and O–H groups in total. The molecule has 7 nitrogen and oxygen atoms in total. The maximum absolute atomic E-state index is 13.4. The molecule has 0 spiro atoms. The number of esters is 1. The number of ether oxygens (including phenoxy) is 1. The zero-order valence-electron chi connectivity index (χ0n) is 18.8. The van der Waals surface area contributed by atoms with Crippen LogP contribution >= 0.6 is 0 Å². The Morgan fingerprint density at radius 1 is 0.943 bits per heavy atom. The molecule has 35 heavy (non-hydrogen) atoms. The molecule has 1 saturated heterocycles. The summed E-state index contributed by atoms with van der Waals surface area (Å²) in [6, 6.07) is 12.6. The Morgan fingerprint density at radius 3 is 2.37 bits per heavy atom. The first kappa shape index (κ1) is 20.4. The lowest BCUT2D eigenvalue weighted by atomic mass is 9.63. The number of carbonyl (C=O) groups is 3. The molecule has 7 heteroatoms. The third-order valence-electron chi connectivity index (χ3n) is 8.13. The van der Waals surface area contributed by atoms with Gasteiger partial charge in [-0.1, -0.05) is 18.2 Å². The van der Waals surface area contributed by atoms with Crippen LogP contribution in [0.25, 0.3) is 11.0 Å². The monoisotopic (exact) mass is 467 g/mol. The van der Waals surface area contributed by atoms with E-state index in [0.717, 1.165) is 17.4 Å². The zero-order valence-corrected chi connectivity index (χ0v) is 18.8. The zero-order chi connectivity index (χ0) is 24.0. The van der Waals surface area contributed by atoms with Crippen LogP contribution in [0, 0.1) is 42.4 Å². The highest BCUT2D eigenvalue weighted by molar-refractivity contribution is 6.23. The van der Waals surface area contributed by atoms with Crippen LogP contribution in [-0.2, 0) is 9.59 Å². The van der Waals surface area contributed by atoms with Crippen molar-refractivity contribution in [1.29, 1.82) is 0 Å². The molecule has 6 atom stereocenters. The molecule has 3 aromatic rings. The van der Waals surface area contributed by atoms with Crippen molar-refractivity contribution in [2.45, 2.75) is 13.3 Å². The van der Waals surface area contributed by atoms with Crippen molar-refractivity contribution in [3.8, 4) is 5.75 Å². The maximum atomic E-state index is 13.4. The third-order valence-corrected chi connectivity index (χ3v) is 8.13. The van der Waals surface area contributed by atoms with Crippen LogP contribution in [0.4, 0.5) is 5.69 Å². The van der Waals surface area contributed by atoms with Gasteiger partial charge in [-0.2, -0.15) is 0 Å². The van der Waals surface area contributed by atoms with Crippen LogP contribution in [0.1, 0.15) is 22.3 Å². The number of aryl methyl sites for hydroxylation is 1. The topological polar surface area (TPSA) is 93.9 Å². The average molecular weight is 467 g/mol. The normalized spacial score (nSPS) is 29.9. The summed E-state index contributed by atoms with van der Waals surface area (Å²) in [6.45, 7) is 1.83. The van der Waals surface area contributed by atoms with Crippen molar-refractivity contribution < 1.29 is 23.5 Å². The number of amides is 2. The van der Waals surface area contributed by atoms with Crippen LogP contribution in [0.15, 0.2) is 69.9 Å². The van der Waals surface area contributed by atoms with Gasteiger partial charge >= 0.3 is 11.6 Å². The second-order valence-electron chi connectivity index (χ2n) is 10.0. The van der Waals surface area contributed by atoms with E-state index in [2.05, 4.69) is 12.2 Å². The molecular formula is C28H21NO6. The van der Waals surface area contributed by atoms with Crippen LogP contribution in [0.3, 0.4) is 0 Å². The van der Waals surface area contributed by atoms with Gasteiger partial charge in [-0.3, -0.25) is 9.59 Å². The molecular weight excluding hydrogens is 446 g/mol. The largest absolute Gasteiger partial charge is 0.423 e. The van der Waals surface area contributed by atoms with Gasteiger partial charge in [0.15, 0.2) is 0 Å². The van der Waals surface area contributed by atoms with Gasteiger partial charge in [0.05, 0.1) is 23.1 Å². The third kappa shape index (κ3) is 2.90. The fourth-order valence-electron chi connectivity index (χ4n) is 6.53. The first-order chi connectivity index (χ1) is 16.9. The molecule has 5 aliphatic rings. The van der Waals surface area contributed by atoms with Gasteiger partial charge in [0.25, 0.3) is 0 Å². The summed E-state index contributed by atoms with van der Waals surface area (Å²) in [5.74, 6) is -0.00546. The minimum atomic E-state index is -0.636. The molecule has 1 aromatic heterocycles. The van der Waals surface area contributed by atoms with E-state index in [9.17, 15) is 19.2 Å². The second-order valence-corrected chi connectivity index (χ2v) is 10.0. The van der Waals surface area contributed by atoms with Crippen LogP contribution in [0.2, 0.25) is 0 Å². The molecule has 2 saturated carbocycles. The van der Waals surface area contributed by atoms with Crippen molar-refractivity contribution in [1.82, 2.24) is 0 Å². The van der Waals surface area contributed by atoms with Crippen LogP contribution in [0.5, 0.6) is 5.75 Å². The Labute approximate surface area is 200 Å². The molecule has 174 valence electrons. The standard InChI is InChI=1S/C28H21NO6/c1-13-9-16(11-22-17(13)7-8-23(30)35-22)34-28(33)14-3-2-4-15(10-14)29-26(31)24-18-5-6-19(21-12-20(18)21)25(24)27(29)32/h2-11,18-21,24-25H,12H2,1H3/t18-,19-,20-,21+,24-,25+/m0/s1. The summed E-state index contributed by atoms with van der Waals surface area (Å²) in [5, 5.41) is 0.750. The number of anilines is 1. The number of hydrogen-bond donors (Lipinski definition) is 0. The van der Waals surface area contributed by atoms with E-state index in [1.54, 1.807) is 30.3 Å². The van der Waals surface area contributed by atoms with E-state index in [-0.39, 0.29) is 46.8 Å². The van der Waals surface area contributed by atoms with E-state index in [1.165, 1.54) is 23.1 Å². The minimum absolute atomic E-state index is 0.140. The number of fused-ring (bicyclic) bond motifs is 1. The number of hydrogen-bond acceptors (Lipinski definition) is 6. The Kier molecular flexibility index (Phi) is 4.08. The van der Waals surface area contributed by atoms with Gasteiger partial charge in [-0.15, -0.1) is 0 Å². The second kappa shape index (κ2) is 7.01. The smallest absolute Gasteiger partial charge is 0.343 e. The van der Waals surface area contributed by atoms with E-state index in [1.807, 2.05) is 6.92 Å². The summed E-state index contributed by atoms with van der Waals surface area (Å²) in [4.78, 5) is 52.6.